The molecular weight excluding hydrogens is 469 g/mol. The molecule has 2 rings (SSSR count). The molecule has 0 aliphatic carbocycles. The van der Waals surface area contributed by atoms with E-state index in [-0.39, 0.29) is 24.0 Å². The maximum absolute atomic E-state index is 13.3. The predicted molar refractivity (Wildman–Crippen MR) is 118 cm³/mol. The fourth-order valence-corrected chi connectivity index (χ4v) is 3.38. The van der Waals surface area contributed by atoms with Gasteiger partial charge in [-0.25, -0.2) is 8.78 Å². The molecule has 1 aliphatic rings. The second-order valence-electron chi connectivity index (χ2n) is 6.29. The van der Waals surface area contributed by atoms with Crippen molar-refractivity contribution in [2.75, 3.05) is 38.7 Å². The van der Waals surface area contributed by atoms with Crippen LogP contribution < -0.4 is 10.6 Å². The van der Waals surface area contributed by atoms with E-state index in [0.717, 1.165) is 56.2 Å². The predicted octanol–water partition coefficient (Wildman–Crippen LogP) is 3.47. The second kappa shape index (κ2) is 12.7. The maximum Gasteiger partial charge on any atom is 0.191 e. The van der Waals surface area contributed by atoms with Crippen molar-refractivity contribution >= 4 is 41.7 Å². The number of hydrogen-bond donors (Lipinski definition) is 2. The third-order valence-electron chi connectivity index (χ3n) is 4.36. The minimum absolute atomic E-state index is 0. The van der Waals surface area contributed by atoms with Gasteiger partial charge in [-0.05, 0) is 49.0 Å². The lowest BCUT2D eigenvalue weighted by Crippen LogP contribution is -2.48. The standard InChI is InChI=1S/C18H28F2N4S.HI/c1-21-18(22-8-3-11-25-2)23-15-6-9-24(10-7-15)13-14-4-5-16(19)17(20)12-14;/h4-5,12,15H,3,6-11,13H2,1-2H3,(H2,21,22,23);1H. The van der Waals surface area contributed by atoms with Crippen LogP contribution in [0, 0.1) is 11.6 Å². The lowest BCUT2D eigenvalue weighted by Gasteiger charge is -2.33. The van der Waals surface area contributed by atoms with Gasteiger partial charge in [0.1, 0.15) is 0 Å². The Morgan fingerprint density at radius 1 is 1.27 bits per heavy atom. The van der Waals surface area contributed by atoms with Crippen LogP contribution in [0.25, 0.3) is 0 Å². The highest BCUT2D eigenvalue weighted by Gasteiger charge is 2.20. The lowest BCUT2D eigenvalue weighted by molar-refractivity contribution is 0.198. The van der Waals surface area contributed by atoms with Gasteiger partial charge in [0.2, 0.25) is 0 Å². The maximum atomic E-state index is 13.3. The first kappa shape index (κ1) is 23.4. The van der Waals surface area contributed by atoms with Crippen molar-refractivity contribution in [3.63, 3.8) is 0 Å². The van der Waals surface area contributed by atoms with Gasteiger partial charge < -0.3 is 10.6 Å². The van der Waals surface area contributed by atoms with Crippen LogP contribution in [-0.2, 0) is 6.54 Å². The zero-order valence-corrected chi connectivity index (χ0v) is 18.6. The summed E-state index contributed by atoms with van der Waals surface area (Å²) in [7, 11) is 1.79. The molecule has 0 amide bonds. The van der Waals surface area contributed by atoms with E-state index in [4.69, 9.17) is 0 Å². The largest absolute Gasteiger partial charge is 0.356 e. The molecule has 2 N–H and O–H groups in total. The Balaban J connectivity index is 0.00000338. The van der Waals surface area contributed by atoms with Crippen molar-refractivity contribution in [1.82, 2.24) is 15.5 Å². The Morgan fingerprint density at radius 3 is 2.62 bits per heavy atom. The molecule has 1 saturated heterocycles. The average molecular weight is 498 g/mol. The van der Waals surface area contributed by atoms with Crippen molar-refractivity contribution in [2.24, 2.45) is 4.99 Å². The first-order valence-electron chi connectivity index (χ1n) is 8.74. The highest BCUT2D eigenvalue weighted by molar-refractivity contribution is 14.0. The Labute approximate surface area is 176 Å². The number of guanidine groups is 1. The first-order chi connectivity index (χ1) is 12.1. The number of hydrogen-bond acceptors (Lipinski definition) is 3. The molecule has 4 nitrogen and oxygen atoms in total. The van der Waals surface area contributed by atoms with Crippen LogP contribution in [-0.4, -0.2) is 55.6 Å². The van der Waals surface area contributed by atoms with Gasteiger partial charge in [0, 0.05) is 39.3 Å². The van der Waals surface area contributed by atoms with Crippen LogP contribution in [0.3, 0.4) is 0 Å². The number of aliphatic imine (C=N–C) groups is 1. The van der Waals surface area contributed by atoms with Gasteiger partial charge in [0.15, 0.2) is 17.6 Å². The van der Waals surface area contributed by atoms with Crippen LogP contribution in [0.5, 0.6) is 0 Å². The molecule has 1 heterocycles. The summed E-state index contributed by atoms with van der Waals surface area (Å²) in [5.74, 6) is 0.445. The monoisotopic (exact) mass is 498 g/mol. The molecule has 1 aromatic rings. The van der Waals surface area contributed by atoms with Crippen molar-refractivity contribution in [3.05, 3.63) is 35.4 Å². The van der Waals surface area contributed by atoms with Crippen molar-refractivity contribution < 1.29 is 8.78 Å². The van der Waals surface area contributed by atoms with Gasteiger partial charge in [-0.1, -0.05) is 6.07 Å². The Morgan fingerprint density at radius 2 is 2.00 bits per heavy atom. The zero-order chi connectivity index (χ0) is 18.1. The Hall–Kier alpha value is -0.610. The second-order valence-corrected chi connectivity index (χ2v) is 7.27. The van der Waals surface area contributed by atoms with Crippen LogP contribution in [0.1, 0.15) is 24.8 Å². The first-order valence-corrected chi connectivity index (χ1v) is 10.1. The summed E-state index contributed by atoms with van der Waals surface area (Å²) in [5, 5.41) is 6.83. The van der Waals surface area contributed by atoms with Crippen LogP contribution in [0.4, 0.5) is 8.78 Å². The third kappa shape index (κ3) is 7.96. The van der Waals surface area contributed by atoms with Gasteiger partial charge in [-0.15, -0.1) is 24.0 Å². The van der Waals surface area contributed by atoms with Gasteiger partial charge in [-0.3, -0.25) is 9.89 Å². The highest BCUT2D eigenvalue weighted by atomic mass is 127. The number of nitrogens with zero attached hydrogens (tertiary/aromatic N) is 2. The number of thioether (sulfide) groups is 1. The van der Waals surface area contributed by atoms with E-state index in [1.54, 1.807) is 13.1 Å². The third-order valence-corrected chi connectivity index (χ3v) is 5.06. The molecule has 0 spiro atoms. The number of likely N-dealkylation sites (tertiary alicyclic amines) is 1. The van der Waals surface area contributed by atoms with Crippen LogP contribution in [0.2, 0.25) is 0 Å². The minimum atomic E-state index is -0.789. The fourth-order valence-electron chi connectivity index (χ4n) is 2.94. The molecule has 26 heavy (non-hydrogen) atoms. The van der Waals surface area contributed by atoms with Gasteiger partial charge >= 0.3 is 0 Å². The number of piperidine rings is 1. The summed E-state index contributed by atoms with van der Waals surface area (Å²) in [6.45, 7) is 3.45. The molecule has 0 atom stereocenters. The topological polar surface area (TPSA) is 39.7 Å². The summed E-state index contributed by atoms with van der Waals surface area (Å²) >= 11 is 1.85. The number of rotatable bonds is 7. The average Bonchev–Trinajstić information content (AvgIpc) is 2.62. The lowest BCUT2D eigenvalue weighted by atomic mass is 10.0. The van der Waals surface area contributed by atoms with Gasteiger partial charge in [-0.2, -0.15) is 11.8 Å². The van der Waals surface area contributed by atoms with Crippen molar-refractivity contribution in [1.29, 1.82) is 0 Å². The SMILES string of the molecule is CN=C(NCCCSC)NC1CCN(Cc2ccc(F)c(F)c2)CC1.I. The fraction of sp³-hybridized carbons (Fsp3) is 0.611. The summed E-state index contributed by atoms with van der Waals surface area (Å²) in [5.41, 5.74) is 0.816. The molecule has 1 aliphatic heterocycles. The van der Waals surface area contributed by atoms with E-state index in [1.807, 2.05) is 11.8 Å². The summed E-state index contributed by atoms with van der Waals surface area (Å²) in [6.07, 6.45) is 5.25. The summed E-state index contributed by atoms with van der Waals surface area (Å²) in [6, 6.07) is 4.54. The molecule has 8 heteroatoms. The van der Waals surface area contributed by atoms with Crippen LogP contribution in [0.15, 0.2) is 23.2 Å². The van der Waals surface area contributed by atoms with Crippen molar-refractivity contribution in [2.45, 2.75) is 31.8 Å². The Kier molecular flexibility index (Phi) is 11.5. The van der Waals surface area contributed by atoms with Gasteiger partial charge in [0.05, 0.1) is 0 Å². The number of halogens is 3. The number of nitrogens with one attached hydrogen (secondary N) is 2. The minimum Gasteiger partial charge on any atom is -0.356 e. The molecular formula is C18H29F2IN4S. The molecule has 0 bridgehead atoms. The molecule has 1 aromatic carbocycles. The smallest absolute Gasteiger partial charge is 0.191 e. The molecule has 0 saturated carbocycles. The molecule has 148 valence electrons. The molecule has 0 aromatic heterocycles. The molecule has 1 fully saturated rings. The van der Waals surface area contributed by atoms with E-state index in [1.165, 1.54) is 12.1 Å². The van der Waals surface area contributed by atoms with E-state index < -0.39 is 11.6 Å². The molecule has 0 radical (unpaired) electrons. The number of benzene rings is 1. The summed E-state index contributed by atoms with van der Waals surface area (Å²) < 4.78 is 26.3. The normalized spacial score (nSPS) is 16.2. The quantitative estimate of drug-likeness (QED) is 0.262. The highest BCUT2D eigenvalue weighted by Crippen LogP contribution is 2.15. The zero-order valence-electron chi connectivity index (χ0n) is 15.4. The van der Waals surface area contributed by atoms with E-state index in [0.29, 0.717) is 12.6 Å². The Bertz CT molecular complexity index is 566. The van der Waals surface area contributed by atoms with Crippen LogP contribution >= 0.6 is 35.7 Å². The molecule has 0 unspecified atom stereocenters. The summed E-state index contributed by atoms with van der Waals surface area (Å²) in [4.78, 5) is 6.56. The van der Waals surface area contributed by atoms with E-state index in [9.17, 15) is 8.78 Å². The van der Waals surface area contributed by atoms with Crippen molar-refractivity contribution in [3.8, 4) is 0 Å². The van der Waals surface area contributed by atoms with Gasteiger partial charge in [0.25, 0.3) is 0 Å². The van der Waals surface area contributed by atoms with E-state index in [2.05, 4.69) is 26.8 Å². The van der Waals surface area contributed by atoms with E-state index >= 15 is 0 Å².